The second-order valence-corrected chi connectivity index (χ2v) is 6.21. The number of likely N-dealkylation sites (N-methyl/N-ethyl adjacent to an activating group) is 1. The van der Waals surface area contributed by atoms with Gasteiger partial charge >= 0.3 is 5.97 Å². The number of fused-ring (bicyclic) bond motifs is 1. The van der Waals surface area contributed by atoms with Crippen molar-refractivity contribution in [3.8, 4) is 0 Å². The molecular formula is C21H20N2O5. The van der Waals surface area contributed by atoms with Crippen molar-refractivity contribution in [1.29, 1.82) is 0 Å². The van der Waals surface area contributed by atoms with Gasteiger partial charge in [-0.25, -0.2) is 4.79 Å². The lowest BCUT2D eigenvalue weighted by Gasteiger charge is -2.16. The van der Waals surface area contributed by atoms with E-state index in [1.54, 1.807) is 24.3 Å². The molecule has 0 spiro atoms. The second-order valence-electron chi connectivity index (χ2n) is 6.21. The molecule has 1 N–H and O–H groups in total. The zero-order chi connectivity index (χ0) is 19.9. The molecule has 1 heterocycles. The molecule has 1 aromatic heterocycles. The first-order valence-corrected chi connectivity index (χ1v) is 8.72. The number of nitrogens with zero attached hydrogens (tertiary/aromatic N) is 1. The van der Waals surface area contributed by atoms with Crippen LogP contribution < -0.4 is 5.32 Å². The molecule has 7 nitrogen and oxygen atoms in total. The van der Waals surface area contributed by atoms with Crippen molar-refractivity contribution in [2.24, 2.45) is 0 Å². The summed E-state index contributed by atoms with van der Waals surface area (Å²) in [6.07, 6.45) is 1.52. The number of esters is 1. The number of carbonyl (C=O) groups excluding carboxylic acids is 3. The number of carbonyl (C=O) groups is 3. The van der Waals surface area contributed by atoms with Gasteiger partial charge in [-0.2, -0.15) is 0 Å². The maximum atomic E-state index is 12.4. The molecule has 3 aromatic rings. The van der Waals surface area contributed by atoms with Crippen LogP contribution in [-0.4, -0.2) is 42.9 Å². The molecular weight excluding hydrogens is 360 g/mol. The van der Waals surface area contributed by atoms with Crippen molar-refractivity contribution < 1.29 is 23.5 Å². The summed E-state index contributed by atoms with van der Waals surface area (Å²) in [6, 6.07) is 16.2. The predicted molar refractivity (Wildman–Crippen MR) is 102 cm³/mol. The molecule has 28 heavy (non-hydrogen) atoms. The fourth-order valence-corrected chi connectivity index (χ4v) is 2.68. The van der Waals surface area contributed by atoms with Gasteiger partial charge in [0, 0.05) is 7.05 Å². The van der Waals surface area contributed by atoms with Crippen molar-refractivity contribution in [2.45, 2.75) is 6.54 Å². The van der Waals surface area contributed by atoms with Crippen molar-refractivity contribution >= 4 is 28.6 Å². The molecule has 144 valence electrons. The predicted octanol–water partition coefficient (Wildman–Crippen LogP) is 2.36. The van der Waals surface area contributed by atoms with E-state index in [4.69, 9.17) is 9.15 Å². The summed E-state index contributed by atoms with van der Waals surface area (Å²) in [6.45, 7) is -0.348. The topological polar surface area (TPSA) is 88.8 Å². The second kappa shape index (κ2) is 8.85. The summed E-state index contributed by atoms with van der Waals surface area (Å²) in [7, 11) is 1.47. The standard InChI is InChI=1S/C21H20N2O5/c1-23(13-19(24)22-12-16-8-5-11-27-16)20(25)14-28-21(26)18-10-4-7-15-6-2-3-9-17(15)18/h2-11H,12-14H2,1H3,(H,22,24). The van der Waals surface area contributed by atoms with Crippen LogP contribution in [0.5, 0.6) is 0 Å². The Morgan fingerprint density at radius 1 is 1.04 bits per heavy atom. The van der Waals surface area contributed by atoms with Crippen LogP contribution in [0.4, 0.5) is 0 Å². The maximum Gasteiger partial charge on any atom is 0.339 e. The molecule has 0 bridgehead atoms. The Balaban J connectivity index is 1.50. The number of rotatable bonds is 7. The zero-order valence-corrected chi connectivity index (χ0v) is 15.4. The molecule has 7 heteroatoms. The van der Waals surface area contributed by atoms with E-state index in [-0.39, 0.29) is 19.0 Å². The van der Waals surface area contributed by atoms with Gasteiger partial charge in [-0.05, 0) is 29.0 Å². The number of amides is 2. The van der Waals surface area contributed by atoms with Crippen LogP contribution in [0.2, 0.25) is 0 Å². The Kier molecular flexibility index (Phi) is 6.06. The van der Waals surface area contributed by atoms with Crippen molar-refractivity contribution in [1.82, 2.24) is 10.2 Å². The lowest BCUT2D eigenvalue weighted by atomic mass is 10.1. The largest absolute Gasteiger partial charge is 0.467 e. The van der Waals surface area contributed by atoms with E-state index in [1.807, 2.05) is 30.3 Å². The molecule has 0 aliphatic carbocycles. The van der Waals surface area contributed by atoms with Gasteiger partial charge in [0.15, 0.2) is 6.61 Å². The summed E-state index contributed by atoms with van der Waals surface area (Å²) in [5.74, 6) is -0.776. The average Bonchev–Trinajstić information content (AvgIpc) is 3.23. The molecule has 0 aliphatic rings. The molecule has 0 fully saturated rings. The van der Waals surface area contributed by atoms with Gasteiger partial charge in [0.25, 0.3) is 5.91 Å². The third kappa shape index (κ3) is 4.76. The molecule has 0 unspecified atom stereocenters. The molecule has 0 radical (unpaired) electrons. The SMILES string of the molecule is CN(CC(=O)NCc1ccco1)C(=O)COC(=O)c1cccc2ccccc12. The smallest absolute Gasteiger partial charge is 0.339 e. The van der Waals surface area contributed by atoms with Gasteiger partial charge in [0.05, 0.1) is 24.9 Å². The highest BCUT2D eigenvalue weighted by Gasteiger charge is 2.17. The van der Waals surface area contributed by atoms with Crippen LogP contribution in [0.25, 0.3) is 10.8 Å². The normalized spacial score (nSPS) is 10.5. The van der Waals surface area contributed by atoms with E-state index >= 15 is 0 Å². The molecule has 0 aliphatic heterocycles. The van der Waals surface area contributed by atoms with Crippen molar-refractivity contribution in [3.63, 3.8) is 0 Å². The van der Waals surface area contributed by atoms with Crippen LogP contribution in [0.1, 0.15) is 16.1 Å². The highest BCUT2D eigenvalue weighted by atomic mass is 16.5. The van der Waals surface area contributed by atoms with Gasteiger partial charge in [-0.15, -0.1) is 0 Å². The molecule has 0 atom stereocenters. The first-order chi connectivity index (χ1) is 13.5. The number of benzene rings is 2. The zero-order valence-electron chi connectivity index (χ0n) is 15.4. The van der Waals surface area contributed by atoms with E-state index in [9.17, 15) is 14.4 Å². The molecule has 2 amide bonds. The average molecular weight is 380 g/mol. The molecule has 0 saturated carbocycles. The first-order valence-electron chi connectivity index (χ1n) is 8.72. The quantitative estimate of drug-likeness (QED) is 0.636. The Labute approximate surface area is 161 Å². The summed E-state index contributed by atoms with van der Waals surface area (Å²) < 4.78 is 10.3. The highest BCUT2D eigenvalue weighted by molar-refractivity contribution is 6.05. The summed E-state index contributed by atoms with van der Waals surface area (Å²) in [5, 5.41) is 4.32. The highest BCUT2D eigenvalue weighted by Crippen LogP contribution is 2.19. The van der Waals surface area contributed by atoms with Crippen LogP contribution in [-0.2, 0) is 20.9 Å². The fourth-order valence-electron chi connectivity index (χ4n) is 2.68. The van der Waals surface area contributed by atoms with Crippen LogP contribution in [0.15, 0.2) is 65.3 Å². The van der Waals surface area contributed by atoms with Crippen molar-refractivity contribution in [3.05, 3.63) is 72.2 Å². The third-order valence-electron chi connectivity index (χ3n) is 4.18. The lowest BCUT2D eigenvalue weighted by Crippen LogP contribution is -2.39. The molecule has 2 aromatic carbocycles. The minimum absolute atomic E-state index is 0.147. The van der Waals surface area contributed by atoms with Crippen LogP contribution in [0, 0.1) is 0 Å². The van der Waals surface area contributed by atoms with Crippen LogP contribution >= 0.6 is 0 Å². The summed E-state index contributed by atoms with van der Waals surface area (Å²) >= 11 is 0. The molecule has 0 saturated heterocycles. The van der Waals surface area contributed by atoms with Gasteiger partial charge in [0.2, 0.25) is 5.91 Å². The summed E-state index contributed by atoms with van der Waals surface area (Å²) in [5.41, 5.74) is 0.393. The summed E-state index contributed by atoms with van der Waals surface area (Å²) in [4.78, 5) is 37.6. The van der Waals surface area contributed by atoms with E-state index in [0.29, 0.717) is 11.3 Å². The minimum atomic E-state index is -0.583. The van der Waals surface area contributed by atoms with E-state index in [2.05, 4.69) is 5.32 Å². The number of ether oxygens (including phenoxy) is 1. The van der Waals surface area contributed by atoms with Gasteiger partial charge in [0.1, 0.15) is 5.76 Å². The third-order valence-corrected chi connectivity index (χ3v) is 4.18. The monoisotopic (exact) mass is 380 g/mol. The minimum Gasteiger partial charge on any atom is -0.467 e. The van der Waals surface area contributed by atoms with Gasteiger partial charge in [-0.3, -0.25) is 9.59 Å². The van der Waals surface area contributed by atoms with Crippen molar-refractivity contribution in [2.75, 3.05) is 20.2 Å². The van der Waals surface area contributed by atoms with Gasteiger partial charge in [-0.1, -0.05) is 36.4 Å². The maximum absolute atomic E-state index is 12.4. The Hall–Kier alpha value is -3.61. The lowest BCUT2D eigenvalue weighted by molar-refractivity contribution is -0.137. The molecule has 3 rings (SSSR count). The van der Waals surface area contributed by atoms with E-state index < -0.39 is 18.5 Å². The number of hydrogen-bond donors (Lipinski definition) is 1. The number of nitrogens with one attached hydrogen (secondary N) is 1. The first kappa shape index (κ1) is 19.2. The van der Waals surface area contributed by atoms with Gasteiger partial charge < -0.3 is 19.4 Å². The number of hydrogen-bond acceptors (Lipinski definition) is 5. The van der Waals surface area contributed by atoms with Crippen LogP contribution in [0.3, 0.4) is 0 Å². The van der Waals surface area contributed by atoms with E-state index in [1.165, 1.54) is 18.2 Å². The van der Waals surface area contributed by atoms with E-state index in [0.717, 1.165) is 10.8 Å². The fraction of sp³-hybridized carbons (Fsp3) is 0.190. The Bertz CT molecular complexity index is 976. The number of furan rings is 1. The Morgan fingerprint density at radius 2 is 1.82 bits per heavy atom. The Morgan fingerprint density at radius 3 is 2.61 bits per heavy atom.